The molecule has 3 atom stereocenters. The Labute approximate surface area is 185 Å². The lowest BCUT2D eigenvalue weighted by atomic mass is 10.0. The highest BCUT2D eigenvalue weighted by Crippen LogP contribution is 2.40. The highest BCUT2D eigenvalue weighted by atomic mass is 32.2. The predicted octanol–water partition coefficient (Wildman–Crippen LogP) is 2.43. The summed E-state index contributed by atoms with van der Waals surface area (Å²) in [6.45, 7) is 11.8. The van der Waals surface area contributed by atoms with Gasteiger partial charge in [0.15, 0.2) is 0 Å². The van der Waals surface area contributed by atoms with Crippen LogP contribution in [-0.4, -0.2) is 80.0 Å². The Morgan fingerprint density at radius 1 is 1.03 bits per heavy atom. The average Bonchev–Trinajstić information content (AvgIpc) is 3.16. The van der Waals surface area contributed by atoms with Crippen LogP contribution in [0.15, 0.2) is 0 Å². The maximum Gasteiger partial charge on any atom is 0.414 e. The first-order valence-electron chi connectivity index (χ1n) is 9.62. The maximum atomic E-state index is 12.7. The minimum atomic E-state index is -1.17. The predicted molar refractivity (Wildman–Crippen MR) is 114 cm³/mol. The Kier molecular flexibility index (Phi) is 7.60. The maximum absolute atomic E-state index is 12.7. The quantitative estimate of drug-likeness (QED) is 0.460. The van der Waals surface area contributed by atoms with Crippen molar-refractivity contribution in [3.05, 3.63) is 0 Å². The molecule has 30 heavy (non-hydrogen) atoms. The summed E-state index contributed by atoms with van der Waals surface area (Å²) in [5.41, 5.74) is -0.694. The molecule has 2 aliphatic rings. The van der Waals surface area contributed by atoms with Crippen molar-refractivity contribution in [2.45, 2.75) is 77.2 Å². The van der Waals surface area contributed by atoms with Crippen molar-refractivity contribution < 1.29 is 33.4 Å². The molecular weight excluding hydrogens is 432 g/mol. The molecule has 2 heterocycles. The third-order valence-electron chi connectivity index (χ3n) is 4.52. The van der Waals surface area contributed by atoms with E-state index in [0.29, 0.717) is 11.6 Å². The van der Waals surface area contributed by atoms with Crippen LogP contribution in [0.2, 0.25) is 0 Å². The lowest BCUT2D eigenvalue weighted by Gasteiger charge is -2.32. The lowest BCUT2D eigenvalue weighted by Crippen LogP contribution is -2.51. The van der Waals surface area contributed by atoms with E-state index in [9.17, 15) is 19.2 Å². The van der Waals surface area contributed by atoms with E-state index in [0.717, 1.165) is 0 Å². The van der Waals surface area contributed by atoms with E-state index in [-0.39, 0.29) is 11.8 Å². The third-order valence-corrected chi connectivity index (χ3v) is 6.90. The molecule has 0 radical (unpaired) electrons. The summed E-state index contributed by atoms with van der Waals surface area (Å²) in [5.74, 6) is -0.275. The van der Waals surface area contributed by atoms with Crippen molar-refractivity contribution in [3.8, 4) is 0 Å². The van der Waals surface area contributed by atoms with Crippen LogP contribution in [0.3, 0.4) is 0 Å². The molecule has 9 nitrogen and oxygen atoms in total. The van der Waals surface area contributed by atoms with Gasteiger partial charge >= 0.3 is 18.0 Å². The molecule has 0 spiro atoms. The van der Waals surface area contributed by atoms with E-state index in [2.05, 4.69) is 0 Å². The minimum Gasteiger partial charge on any atom is -0.458 e. The van der Waals surface area contributed by atoms with Gasteiger partial charge in [0.2, 0.25) is 12.2 Å². The molecular formula is C19H30N2O7S2. The Morgan fingerprint density at radius 3 is 2.23 bits per heavy atom. The normalized spacial score (nSPS) is 24.4. The van der Waals surface area contributed by atoms with Gasteiger partial charge in [-0.05, 0) is 34.6 Å². The molecule has 0 aliphatic carbocycles. The van der Waals surface area contributed by atoms with Gasteiger partial charge in [0.25, 0.3) is 0 Å². The Morgan fingerprint density at radius 2 is 1.67 bits per heavy atom. The number of thioether (sulfide) groups is 2. The Bertz CT molecular complexity index is 707. The van der Waals surface area contributed by atoms with Gasteiger partial charge in [-0.25, -0.2) is 14.4 Å². The van der Waals surface area contributed by atoms with Gasteiger partial charge in [-0.2, -0.15) is 0 Å². The third kappa shape index (κ3) is 5.96. The number of carbonyl (C=O) groups excluding carboxylic acids is 4. The number of amides is 2. The Hall–Kier alpha value is -1.62. The van der Waals surface area contributed by atoms with Crippen LogP contribution >= 0.6 is 23.5 Å². The van der Waals surface area contributed by atoms with E-state index < -0.39 is 46.8 Å². The van der Waals surface area contributed by atoms with Crippen molar-refractivity contribution in [3.63, 3.8) is 0 Å². The molecule has 0 aromatic carbocycles. The number of esters is 2. The highest BCUT2D eigenvalue weighted by molar-refractivity contribution is 8.01. The van der Waals surface area contributed by atoms with Crippen molar-refractivity contribution in [1.29, 1.82) is 0 Å². The molecule has 170 valence electrons. The van der Waals surface area contributed by atoms with Crippen molar-refractivity contribution >= 4 is 47.5 Å². The number of nitrogens with zero attached hydrogens (tertiary/aromatic N) is 2. The second-order valence-corrected chi connectivity index (χ2v) is 11.3. The van der Waals surface area contributed by atoms with Gasteiger partial charge in [-0.1, -0.05) is 0 Å². The van der Waals surface area contributed by atoms with Crippen LogP contribution in [0.4, 0.5) is 4.79 Å². The first kappa shape index (κ1) is 24.6. The van der Waals surface area contributed by atoms with Crippen LogP contribution < -0.4 is 0 Å². The standard InChI is InChI=1S/C19H30N2O7S2/c1-11(22)20-9-29-8-13(20)15(23)26-12(2)27-17(25)21-10-30-19(6,7)14(21)16(24)28-18(3,4)5/h12-14H,8-10H2,1-7H3. The molecule has 2 rings (SSSR count). The van der Waals surface area contributed by atoms with Gasteiger partial charge in [-0.3, -0.25) is 9.69 Å². The van der Waals surface area contributed by atoms with Crippen LogP contribution in [-0.2, 0) is 28.6 Å². The zero-order valence-corrected chi connectivity index (χ0v) is 20.1. The van der Waals surface area contributed by atoms with Crippen LogP contribution in [0, 0.1) is 0 Å². The summed E-state index contributed by atoms with van der Waals surface area (Å²) in [6.07, 6.45) is -1.94. The van der Waals surface area contributed by atoms with E-state index in [1.165, 1.54) is 47.2 Å². The summed E-state index contributed by atoms with van der Waals surface area (Å²) in [5, 5.41) is 0. The molecule has 0 bridgehead atoms. The topological polar surface area (TPSA) is 102 Å². The SMILES string of the molecule is CC(=O)N1CSCC1C(=O)OC(C)OC(=O)N1CSC(C)(C)C1C(=O)OC(C)(C)C. The van der Waals surface area contributed by atoms with Crippen LogP contribution in [0.5, 0.6) is 0 Å². The van der Waals surface area contributed by atoms with E-state index >= 15 is 0 Å². The second kappa shape index (κ2) is 9.25. The first-order chi connectivity index (χ1) is 13.7. The van der Waals surface area contributed by atoms with E-state index in [4.69, 9.17) is 14.2 Å². The fraction of sp³-hybridized carbons (Fsp3) is 0.789. The number of hydrogen-bond donors (Lipinski definition) is 0. The molecule has 3 unspecified atom stereocenters. The molecule has 0 N–H and O–H groups in total. The molecule has 0 aromatic heterocycles. The molecule has 11 heteroatoms. The number of ether oxygens (including phenoxy) is 3. The summed E-state index contributed by atoms with van der Waals surface area (Å²) in [6, 6.07) is -1.54. The Balaban J connectivity index is 2.00. The summed E-state index contributed by atoms with van der Waals surface area (Å²) in [4.78, 5) is 52.2. The monoisotopic (exact) mass is 462 g/mol. The van der Waals surface area contributed by atoms with Crippen LogP contribution in [0.1, 0.15) is 48.5 Å². The van der Waals surface area contributed by atoms with Gasteiger partial charge in [0.1, 0.15) is 17.7 Å². The fourth-order valence-corrected chi connectivity index (χ4v) is 5.43. The van der Waals surface area contributed by atoms with Gasteiger partial charge in [0.05, 0.1) is 11.8 Å². The average molecular weight is 463 g/mol. The number of carbonyl (C=O) groups is 4. The largest absolute Gasteiger partial charge is 0.458 e. The molecule has 2 aliphatic heterocycles. The van der Waals surface area contributed by atoms with Crippen molar-refractivity contribution in [2.24, 2.45) is 0 Å². The van der Waals surface area contributed by atoms with Gasteiger partial charge in [0, 0.05) is 24.3 Å². The number of hydrogen-bond acceptors (Lipinski definition) is 9. The fourth-order valence-electron chi connectivity index (χ4n) is 3.12. The van der Waals surface area contributed by atoms with Crippen LogP contribution in [0.25, 0.3) is 0 Å². The van der Waals surface area contributed by atoms with E-state index in [1.54, 1.807) is 20.8 Å². The number of rotatable bonds is 4. The zero-order valence-electron chi connectivity index (χ0n) is 18.4. The molecule has 2 fully saturated rings. The summed E-state index contributed by atoms with van der Waals surface area (Å²) >= 11 is 2.88. The van der Waals surface area contributed by atoms with Gasteiger partial charge < -0.3 is 19.1 Å². The summed E-state index contributed by atoms with van der Waals surface area (Å²) in [7, 11) is 0. The molecule has 0 aromatic rings. The lowest BCUT2D eigenvalue weighted by molar-refractivity contribution is -0.174. The second-order valence-electron chi connectivity index (χ2n) is 8.68. The summed E-state index contributed by atoms with van der Waals surface area (Å²) < 4.78 is 15.4. The van der Waals surface area contributed by atoms with Crippen molar-refractivity contribution in [2.75, 3.05) is 17.5 Å². The molecule has 2 amide bonds. The minimum absolute atomic E-state index is 0.219. The molecule has 0 saturated carbocycles. The molecule has 2 saturated heterocycles. The van der Waals surface area contributed by atoms with Crippen molar-refractivity contribution in [1.82, 2.24) is 9.80 Å². The smallest absolute Gasteiger partial charge is 0.414 e. The van der Waals surface area contributed by atoms with E-state index in [1.807, 2.05) is 13.8 Å². The zero-order chi connectivity index (χ0) is 22.9. The van der Waals surface area contributed by atoms with Gasteiger partial charge in [-0.15, -0.1) is 23.5 Å². The highest BCUT2D eigenvalue weighted by Gasteiger charge is 2.50. The first-order valence-corrected chi connectivity index (χ1v) is 11.8.